The molecule has 5 nitrogen and oxygen atoms in total. The van der Waals surface area contributed by atoms with Crippen LogP contribution >= 0.6 is 11.8 Å². The fourth-order valence-corrected chi connectivity index (χ4v) is 4.34. The van der Waals surface area contributed by atoms with Gasteiger partial charge in [-0.15, -0.1) is 11.8 Å². The van der Waals surface area contributed by atoms with E-state index in [0.717, 1.165) is 16.8 Å². The number of carbonyl (C=O) groups excluding carboxylic acids is 2. The molecule has 3 rings (SSSR count). The molecule has 0 aliphatic carbocycles. The molecule has 1 N–H and O–H groups in total. The minimum Gasteiger partial charge on any atom is -0.472 e. The van der Waals surface area contributed by atoms with E-state index >= 15 is 0 Å². The zero-order chi connectivity index (χ0) is 18.0. The maximum Gasteiger partial charge on any atom is 0.248 e. The second-order valence-corrected chi connectivity index (χ2v) is 7.31. The van der Waals surface area contributed by atoms with Gasteiger partial charge in [-0.25, -0.2) is 0 Å². The number of nitrogens with one attached hydrogen (secondary N) is 1. The summed E-state index contributed by atoms with van der Waals surface area (Å²) in [4.78, 5) is 27.0. The van der Waals surface area contributed by atoms with Crippen LogP contribution in [-0.2, 0) is 9.59 Å². The van der Waals surface area contributed by atoms with Crippen LogP contribution in [0.15, 0.2) is 41.2 Å². The molecule has 1 aliphatic heterocycles. The third-order valence-electron chi connectivity index (χ3n) is 4.50. The van der Waals surface area contributed by atoms with E-state index in [1.54, 1.807) is 29.2 Å². The molecule has 2 atom stereocenters. The lowest BCUT2D eigenvalue weighted by Crippen LogP contribution is -2.45. The standard InChI is InChI=1S/C19H22N2O3S/c1-4-17(22)21-16(11-25-19(21)14-7-8-24-10-14)18(23)20-15-6-5-12(2)13(3)9-15/h5-10,16,19H,4,11H2,1-3H3,(H,20,23). The molecule has 1 fully saturated rings. The van der Waals surface area contributed by atoms with Crippen molar-refractivity contribution in [2.45, 2.75) is 38.6 Å². The highest BCUT2D eigenvalue weighted by Crippen LogP contribution is 2.42. The summed E-state index contributed by atoms with van der Waals surface area (Å²) in [7, 11) is 0. The molecule has 2 amide bonds. The van der Waals surface area contributed by atoms with E-state index in [4.69, 9.17) is 4.42 Å². The second-order valence-electron chi connectivity index (χ2n) is 6.20. The number of furan rings is 1. The quantitative estimate of drug-likeness (QED) is 0.901. The number of amides is 2. The lowest BCUT2D eigenvalue weighted by molar-refractivity contribution is -0.137. The Labute approximate surface area is 151 Å². The van der Waals surface area contributed by atoms with Gasteiger partial charge in [-0.3, -0.25) is 9.59 Å². The molecule has 0 saturated carbocycles. The van der Waals surface area contributed by atoms with Gasteiger partial charge in [0, 0.05) is 23.4 Å². The zero-order valence-corrected chi connectivity index (χ0v) is 15.4. The van der Waals surface area contributed by atoms with E-state index < -0.39 is 6.04 Å². The first kappa shape index (κ1) is 17.6. The smallest absolute Gasteiger partial charge is 0.248 e. The van der Waals surface area contributed by atoms with Crippen LogP contribution in [0.25, 0.3) is 0 Å². The van der Waals surface area contributed by atoms with Crippen molar-refractivity contribution >= 4 is 29.3 Å². The summed E-state index contributed by atoms with van der Waals surface area (Å²) in [5, 5.41) is 2.78. The highest BCUT2D eigenvalue weighted by atomic mass is 32.2. The topological polar surface area (TPSA) is 62.6 Å². The van der Waals surface area contributed by atoms with Crippen molar-refractivity contribution in [2.75, 3.05) is 11.1 Å². The Morgan fingerprint density at radius 3 is 2.72 bits per heavy atom. The molecule has 1 aromatic carbocycles. The van der Waals surface area contributed by atoms with Gasteiger partial charge in [-0.05, 0) is 43.2 Å². The van der Waals surface area contributed by atoms with E-state index in [2.05, 4.69) is 5.32 Å². The Balaban J connectivity index is 1.80. The molecule has 0 bridgehead atoms. The molecule has 25 heavy (non-hydrogen) atoms. The second kappa shape index (κ2) is 7.35. The Morgan fingerprint density at radius 2 is 2.08 bits per heavy atom. The third kappa shape index (κ3) is 3.58. The fourth-order valence-electron chi connectivity index (χ4n) is 2.91. The first-order valence-electron chi connectivity index (χ1n) is 8.34. The van der Waals surface area contributed by atoms with Gasteiger partial charge in [0.15, 0.2) is 0 Å². The summed E-state index contributed by atoms with van der Waals surface area (Å²) in [5.74, 6) is 0.387. The van der Waals surface area contributed by atoms with Gasteiger partial charge in [0.1, 0.15) is 11.4 Å². The van der Waals surface area contributed by atoms with Crippen molar-refractivity contribution in [1.82, 2.24) is 4.90 Å². The van der Waals surface area contributed by atoms with Crippen molar-refractivity contribution in [1.29, 1.82) is 0 Å². The molecule has 2 unspecified atom stereocenters. The summed E-state index contributed by atoms with van der Waals surface area (Å²) in [5.41, 5.74) is 3.97. The van der Waals surface area contributed by atoms with Crippen molar-refractivity contribution in [3.05, 3.63) is 53.5 Å². The first-order chi connectivity index (χ1) is 12.0. The minimum absolute atomic E-state index is 0.0311. The average Bonchev–Trinajstić information content (AvgIpc) is 3.26. The van der Waals surface area contributed by atoms with Gasteiger partial charge in [0.25, 0.3) is 0 Å². The average molecular weight is 358 g/mol. The van der Waals surface area contributed by atoms with Crippen molar-refractivity contribution in [2.24, 2.45) is 0 Å². The van der Waals surface area contributed by atoms with Crippen LogP contribution in [0.5, 0.6) is 0 Å². The Morgan fingerprint density at radius 1 is 1.28 bits per heavy atom. The predicted octanol–water partition coefficient (Wildman–Crippen LogP) is 3.89. The van der Waals surface area contributed by atoms with Crippen LogP contribution in [0.4, 0.5) is 5.69 Å². The van der Waals surface area contributed by atoms with E-state index in [9.17, 15) is 9.59 Å². The molecular formula is C19H22N2O3S. The SMILES string of the molecule is CCC(=O)N1C(C(=O)Nc2ccc(C)c(C)c2)CSC1c1ccoc1. The van der Waals surface area contributed by atoms with Gasteiger partial charge in [-0.2, -0.15) is 0 Å². The molecule has 2 heterocycles. The first-order valence-corrected chi connectivity index (χ1v) is 9.39. The predicted molar refractivity (Wildman–Crippen MR) is 99.4 cm³/mol. The third-order valence-corrected chi connectivity index (χ3v) is 5.82. The zero-order valence-electron chi connectivity index (χ0n) is 14.6. The number of nitrogens with zero attached hydrogens (tertiary/aromatic N) is 1. The molecule has 0 radical (unpaired) electrons. The number of anilines is 1. The normalized spacial score (nSPS) is 19.9. The molecule has 1 aliphatic rings. The van der Waals surface area contributed by atoms with Crippen LogP contribution in [0, 0.1) is 13.8 Å². The minimum atomic E-state index is -0.487. The van der Waals surface area contributed by atoms with Crippen LogP contribution in [0.3, 0.4) is 0 Å². The number of rotatable bonds is 4. The van der Waals surface area contributed by atoms with Gasteiger partial charge < -0.3 is 14.6 Å². The Kier molecular flexibility index (Phi) is 5.18. The van der Waals surface area contributed by atoms with Gasteiger partial charge >= 0.3 is 0 Å². The summed E-state index contributed by atoms with van der Waals surface area (Å²) in [6, 6.07) is 7.19. The Hall–Kier alpha value is -2.21. The molecule has 1 aromatic heterocycles. The summed E-state index contributed by atoms with van der Waals surface area (Å²) in [6.07, 6.45) is 3.59. The maximum atomic E-state index is 12.8. The molecule has 2 aromatic rings. The summed E-state index contributed by atoms with van der Waals surface area (Å²) in [6.45, 7) is 5.86. The van der Waals surface area contributed by atoms with Crippen molar-refractivity contribution < 1.29 is 14.0 Å². The molecule has 1 saturated heterocycles. The summed E-state index contributed by atoms with van der Waals surface area (Å²) < 4.78 is 5.15. The van der Waals surface area contributed by atoms with E-state index in [0.29, 0.717) is 12.2 Å². The largest absolute Gasteiger partial charge is 0.472 e. The highest BCUT2D eigenvalue weighted by molar-refractivity contribution is 7.99. The van der Waals surface area contributed by atoms with Crippen LogP contribution < -0.4 is 5.32 Å². The highest BCUT2D eigenvalue weighted by Gasteiger charge is 2.42. The van der Waals surface area contributed by atoms with E-state index in [-0.39, 0.29) is 17.2 Å². The van der Waals surface area contributed by atoms with E-state index in [1.807, 2.05) is 45.0 Å². The van der Waals surface area contributed by atoms with Gasteiger partial charge in [0.2, 0.25) is 11.8 Å². The lowest BCUT2D eigenvalue weighted by atomic mass is 10.1. The van der Waals surface area contributed by atoms with Crippen LogP contribution in [0.2, 0.25) is 0 Å². The number of carbonyl (C=O) groups is 2. The molecule has 6 heteroatoms. The molecule has 0 spiro atoms. The van der Waals surface area contributed by atoms with Crippen LogP contribution in [-0.4, -0.2) is 28.5 Å². The molecule has 132 valence electrons. The van der Waals surface area contributed by atoms with Gasteiger partial charge in [0.05, 0.1) is 12.5 Å². The Bertz CT molecular complexity index is 773. The molecular weight excluding hydrogens is 336 g/mol. The maximum absolute atomic E-state index is 12.8. The van der Waals surface area contributed by atoms with Gasteiger partial charge in [-0.1, -0.05) is 13.0 Å². The van der Waals surface area contributed by atoms with Crippen molar-refractivity contribution in [3.63, 3.8) is 0 Å². The number of hydrogen-bond acceptors (Lipinski definition) is 4. The monoisotopic (exact) mass is 358 g/mol. The lowest BCUT2D eigenvalue weighted by Gasteiger charge is -2.28. The van der Waals surface area contributed by atoms with Crippen molar-refractivity contribution in [3.8, 4) is 0 Å². The number of aryl methyl sites for hydroxylation is 2. The number of thioether (sulfide) groups is 1. The van der Waals surface area contributed by atoms with E-state index in [1.165, 1.54) is 5.56 Å². The fraction of sp³-hybridized carbons (Fsp3) is 0.368. The number of benzene rings is 1. The summed E-state index contributed by atoms with van der Waals surface area (Å²) >= 11 is 1.59. The number of hydrogen-bond donors (Lipinski definition) is 1. The van der Waals surface area contributed by atoms with Crippen LogP contribution in [0.1, 0.15) is 35.4 Å².